The fraction of sp³-hybridized carbons (Fsp3) is 0.667. The van der Waals surface area contributed by atoms with Crippen molar-refractivity contribution in [2.24, 2.45) is 5.92 Å². The van der Waals surface area contributed by atoms with Crippen LogP contribution in [-0.4, -0.2) is 90.2 Å². The molecule has 1 unspecified atom stereocenters. The van der Waals surface area contributed by atoms with Crippen LogP contribution < -0.4 is 20.3 Å². The van der Waals surface area contributed by atoms with Crippen LogP contribution in [0.1, 0.15) is 65.7 Å². The van der Waals surface area contributed by atoms with E-state index in [4.69, 9.17) is 4.74 Å². The van der Waals surface area contributed by atoms with Crippen LogP contribution in [0.15, 0.2) is 18.6 Å². The molecule has 0 saturated heterocycles. The van der Waals surface area contributed by atoms with E-state index in [2.05, 4.69) is 25.3 Å². The zero-order valence-electron chi connectivity index (χ0n) is 24.9. The van der Waals surface area contributed by atoms with Crippen LogP contribution in [0.25, 0.3) is 11.0 Å². The molecule has 0 spiro atoms. The fourth-order valence-electron chi connectivity index (χ4n) is 5.10. The number of nitrogens with zero attached hydrogens (tertiary/aromatic N) is 4. The smallest absolute Gasteiger partial charge is 0.407 e. The average Bonchev–Trinajstić information content (AvgIpc) is 3.35. The van der Waals surface area contributed by atoms with Crippen molar-refractivity contribution in [2.45, 2.75) is 83.4 Å². The number of amides is 2. The number of carboxylic acid groups (broad SMARTS) is 1. The van der Waals surface area contributed by atoms with Crippen LogP contribution in [0.5, 0.6) is 0 Å². The van der Waals surface area contributed by atoms with Crippen molar-refractivity contribution < 1.29 is 32.6 Å². The highest BCUT2D eigenvalue weighted by molar-refractivity contribution is 7.89. The number of carbonyl (C=O) groups excluding carboxylic acids is 2. The minimum absolute atomic E-state index is 0.103. The van der Waals surface area contributed by atoms with Gasteiger partial charge in [-0.1, -0.05) is 0 Å². The maximum absolute atomic E-state index is 13.1. The number of hydrogen-bond donors (Lipinski definition) is 4. The van der Waals surface area contributed by atoms with E-state index >= 15 is 0 Å². The molecule has 0 aliphatic heterocycles. The van der Waals surface area contributed by atoms with Gasteiger partial charge in [0.25, 0.3) is 0 Å². The van der Waals surface area contributed by atoms with E-state index in [1.807, 2.05) is 11.9 Å². The van der Waals surface area contributed by atoms with Crippen LogP contribution in [0.3, 0.4) is 0 Å². The molecule has 4 N–H and O–H groups in total. The molecule has 1 aliphatic rings. The van der Waals surface area contributed by atoms with E-state index < -0.39 is 39.8 Å². The van der Waals surface area contributed by atoms with Crippen molar-refractivity contribution in [3.8, 4) is 0 Å². The molecule has 1 saturated carbocycles. The third-order valence-electron chi connectivity index (χ3n) is 7.33. The summed E-state index contributed by atoms with van der Waals surface area (Å²) in [6, 6.07) is 0.129. The van der Waals surface area contributed by atoms with Gasteiger partial charge < -0.3 is 25.4 Å². The number of alkyl carbamates (subject to hydrolysis) is 1. The Balaban J connectivity index is 1.59. The summed E-state index contributed by atoms with van der Waals surface area (Å²) in [6.45, 7) is 5.62. The molecule has 1 aliphatic carbocycles. The molecule has 2 aromatic rings. The molecule has 42 heavy (non-hydrogen) atoms. The number of rotatable bonds is 12. The highest BCUT2D eigenvalue weighted by atomic mass is 32.2. The summed E-state index contributed by atoms with van der Waals surface area (Å²) < 4.78 is 32.7. The Morgan fingerprint density at radius 1 is 1.17 bits per heavy atom. The number of aliphatic carboxylic acids is 1. The van der Waals surface area contributed by atoms with Gasteiger partial charge in [-0.15, -0.1) is 0 Å². The van der Waals surface area contributed by atoms with Crippen molar-refractivity contribution in [2.75, 3.05) is 31.3 Å². The highest BCUT2D eigenvalue weighted by Crippen LogP contribution is 2.32. The monoisotopic (exact) mass is 609 g/mol. The molecular weight excluding hydrogens is 566 g/mol. The molecule has 1 fully saturated rings. The number of aromatic nitrogens is 3. The van der Waals surface area contributed by atoms with E-state index in [0.29, 0.717) is 36.2 Å². The Bertz CT molecular complexity index is 1350. The Labute approximate surface area is 246 Å². The molecular formula is C27H43N7O7S. The number of nitrogens with one attached hydrogen (secondary N) is 3. The van der Waals surface area contributed by atoms with Gasteiger partial charge in [-0.2, -0.15) is 0 Å². The lowest BCUT2D eigenvalue weighted by molar-refractivity contribution is -0.139. The van der Waals surface area contributed by atoms with Gasteiger partial charge in [-0.05, 0) is 84.7 Å². The normalized spacial score (nSPS) is 18.3. The number of fused-ring (bicyclic) bond motifs is 1. The summed E-state index contributed by atoms with van der Waals surface area (Å²) in [7, 11) is 0.0965. The topological polar surface area (TPSA) is 185 Å². The number of anilines is 1. The minimum atomic E-state index is -3.26. The first-order valence-electron chi connectivity index (χ1n) is 14.2. The molecule has 234 valence electrons. The molecule has 0 radical (unpaired) electrons. The van der Waals surface area contributed by atoms with E-state index in [1.165, 1.54) is 24.1 Å². The van der Waals surface area contributed by atoms with Gasteiger partial charge >= 0.3 is 18.1 Å². The number of carboxylic acids is 1. The Hall–Kier alpha value is -3.46. The van der Waals surface area contributed by atoms with Gasteiger partial charge in [-0.3, -0.25) is 4.57 Å². The van der Waals surface area contributed by atoms with Crippen LogP contribution in [0, 0.1) is 5.92 Å². The Morgan fingerprint density at radius 3 is 2.48 bits per heavy atom. The molecule has 0 aromatic carbocycles. The van der Waals surface area contributed by atoms with E-state index in [-0.39, 0.29) is 24.1 Å². The van der Waals surface area contributed by atoms with Gasteiger partial charge in [-0.25, -0.2) is 37.5 Å². The SMILES string of the molecule is CNS(=O)(=O)C[C@H]1CC[C@H](N(C)c2ncnc3c2ccn3C(=O)NC(CCCCNC(=O)OC(C)(C)C)C(=O)O)CC1. The summed E-state index contributed by atoms with van der Waals surface area (Å²) in [5.74, 6) is -0.292. The maximum atomic E-state index is 13.1. The maximum Gasteiger partial charge on any atom is 0.407 e. The second-order valence-corrected chi connectivity index (χ2v) is 13.6. The largest absolute Gasteiger partial charge is 0.480 e. The van der Waals surface area contributed by atoms with Crippen molar-refractivity contribution in [1.82, 2.24) is 29.9 Å². The average molecular weight is 610 g/mol. The summed E-state index contributed by atoms with van der Waals surface area (Å²) >= 11 is 0. The lowest BCUT2D eigenvalue weighted by atomic mass is 9.86. The quantitative estimate of drug-likeness (QED) is 0.261. The van der Waals surface area contributed by atoms with E-state index in [1.54, 1.807) is 26.8 Å². The predicted molar refractivity (Wildman–Crippen MR) is 158 cm³/mol. The number of sulfonamides is 1. The van der Waals surface area contributed by atoms with Gasteiger partial charge in [0.05, 0.1) is 11.1 Å². The summed E-state index contributed by atoms with van der Waals surface area (Å²) in [5, 5.41) is 15.5. The molecule has 2 heterocycles. The second kappa shape index (κ2) is 14.1. The highest BCUT2D eigenvalue weighted by Gasteiger charge is 2.29. The van der Waals surface area contributed by atoms with Crippen LogP contribution >= 0.6 is 0 Å². The number of ether oxygens (including phenoxy) is 1. The minimum Gasteiger partial charge on any atom is -0.480 e. The van der Waals surface area contributed by atoms with Crippen molar-refractivity contribution >= 4 is 45.0 Å². The molecule has 15 heteroatoms. The standard InChI is InChI=1S/C27H43N7O7S/c1-27(2,3)41-26(38)29-14-7-6-8-21(24(35)36)32-25(37)34-15-13-20-22(30-17-31-23(20)34)33(5)19-11-9-18(10-12-19)16-42(39,40)28-4/h13,15,17-19,21,28H,6-12,14,16H2,1-5H3,(H,29,38)(H,32,37)(H,35,36)/t18-,19-,21?. The third kappa shape index (κ3) is 9.28. The van der Waals surface area contributed by atoms with Gasteiger partial charge in [0.15, 0.2) is 5.65 Å². The lowest BCUT2D eigenvalue weighted by Gasteiger charge is -2.35. The van der Waals surface area contributed by atoms with Gasteiger partial charge in [0.2, 0.25) is 10.0 Å². The number of unbranched alkanes of at least 4 members (excludes halogenated alkanes) is 1. The summed E-state index contributed by atoms with van der Waals surface area (Å²) in [4.78, 5) is 47.5. The molecule has 2 amide bonds. The Kier molecular flexibility index (Phi) is 11.1. The second-order valence-electron chi connectivity index (χ2n) is 11.7. The van der Waals surface area contributed by atoms with Crippen LogP contribution in [0.2, 0.25) is 0 Å². The first-order chi connectivity index (χ1) is 19.7. The van der Waals surface area contributed by atoms with Crippen molar-refractivity contribution in [3.05, 3.63) is 18.6 Å². The molecule has 3 rings (SSSR count). The number of hydrogen-bond acceptors (Lipinski definition) is 9. The fourth-order valence-corrected chi connectivity index (χ4v) is 6.22. The van der Waals surface area contributed by atoms with E-state index in [0.717, 1.165) is 25.7 Å². The Morgan fingerprint density at radius 2 is 1.86 bits per heavy atom. The van der Waals surface area contributed by atoms with Gasteiger partial charge in [0.1, 0.15) is 23.8 Å². The zero-order chi connectivity index (χ0) is 31.1. The first kappa shape index (κ1) is 33.0. The zero-order valence-corrected chi connectivity index (χ0v) is 25.7. The predicted octanol–water partition coefficient (Wildman–Crippen LogP) is 2.68. The summed E-state index contributed by atoms with van der Waals surface area (Å²) in [6.07, 6.45) is 6.69. The molecule has 2 aromatic heterocycles. The third-order valence-corrected chi connectivity index (χ3v) is 8.86. The number of carbonyl (C=O) groups is 3. The first-order valence-corrected chi connectivity index (χ1v) is 15.8. The van der Waals surface area contributed by atoms with Crippen LogP contribution in [0.4, 0.5) is 15.4 Å². The molecule has 0 bridgehead atoms. The summed E-state index contributed by atoms with van der Waals surface area (Å²) in [5.41, 5.74) is -0.255. The van der Waals surface area contributed by atoms with Crippen LogP contribution in [-0.2, 0) is 19.6 Å². The molecule has 14 nitrogen and oxygen atoms in total. The van der Waals surface area contributed by atoms with Crippen molar-refractivity contribution in [1.29, 1.82) is 0 Å². The molecule has 1 atom stereocenters. The van der Waals surface area contributed by atoms with Gasteiger partial charge in [0, 0.05) is 25.8 Å². The lowest BCUT2D eigenvalue weighted by Crippen LogP contribution is -2.42. The van der Waals surface area contributed by atoms with E-state index in [9.17, 15) is 27.9 Å². The van der Waals surface area contributed by atoms with Crippen molar-refractivity contribution in [3.63, 3.8) is 0 Å².